The molecule has 3 N–H and O–H groups in total. The maximum Gasteiger partial charge on any atom is 0.0477 e. The van der Waals surface area contributed by atoms with Gasteiger partial charge in [-0.15, -0.1) is 17.9 Å². The van der Waals surface area contributed by atoms with Crippen molar-refractivity contribution in [1.82, 2.24) is 5.43 Å². The number of nitrogens with one attached hydrogen (secondary N) is 1. The van der Waals surface area contributed by atoms with E-state index >= 15 is 0 Å². The van der Waals surface area contributed by atoms with Crippen molar-refractivity contribution in [3.8, 4) is 0 Å². The van der Waals surface area contributed by atoms with Crippen LogP contribution in [-0.4, -0.2) is 0 Å². The van der Waals surface area contributed by atoms with Crippen molar-refractivity contribution in [3.63, 3.8) is 0 Å². The number of benzene rings is 1. The Bertz CT molecular complexity index is 475. The van der Waals surface area contributed by atoms with E-state index in [1.54, 1.807) is 11.3 Å². The molecule has 0 aliphatic carbocycles. The fourth-order valence-electron chi connectivity index (χ4n) is 1.88. The molecule has 0 saturated carbocycles. The van der Waals surface area contributed by atoms with E-state index in [1.807, 2.05) is 6.08 Å². The number of hydrogen-bond donors (Lipinski definition) is 2. The zero-order valence-electron chi connectivity index (χ0n) is 9.15. The van der Waals surface area contributed by atoms with Crippen LogP contribution >= 0.6 is 11.3 Å². The Balaban J connectivity index is 2.33. The molecule has 0 aliphatic heterocycles. The van der Waals surface area contributed by atoms with Crippen LogP contribution in [0.25, 0.3) is 10.1 Å². The first-order chi connectivity index (χ1) is 7.86. The van der Waals surface area contributed by atoms with Crippen LogP contribution in [0.1, 0.15) is 24.4 Å². The van der Waals surface area contributed by atoms with Crippen LogP contribution in [0.3, 0.4) is 0 Å². The quantitative estimate of drug-likeness (QED) is 0.471. The van der Waals surface area contributed by atoms with Gasteiger partial charge in [0.25, 0.3) is 0 Å². The first kappa shape index (κ1) is 11.3. The lowest BCUT2D eigenvalue weighted by atomic mass is 10.0. The van der Waals surface area contributed by atoms with E-state index in [4.69, 9.17) is 5.84 Å². The highest BCUT2D eigenvalue weighted by molar-refractivity contribution is 7.17. The minimum Gasteiger partial charge on any atom is -0.271 e. The summed E-state index contributed by atoms with van der Waals surface area (Å²) in [5.74, 6) is 5.62. The Morgan fingerprint density at radius 1 is 1.44 bits per heavy atom. The van der Waals surface area contributed by atoms with Crippen molar-refractivity contribution < 1.29 is 0 Å². The second-order valence-corrected chi connectivity index (χ2v) is 4.68. The van der Waals surface area contributed by atoms with Gasteiger partial charge in [-0.3, -0.25) is 11.3 Å². The summed E-state index contributed by atoms with van der Waals surface area (Å²) in [6.45, 7) is 3.74. The van der Waals surface area contributed by atoms with Crippen LogP contribution in [0.2, 0.25) is 0 Å². The monoisotopic (exact) mass is 232 g/mol. The SMILES string of the molecule is C=CCCC(NN)c1csc2ccccc12. The Labute approximate surface area is 99.7 Å². The van der Waals surface area contributed by atoms with E-state index < -0.39 is 0 Å². The molecule has 2 rings (SSSR count). The van der Waals surface area contributed by atoms with Crippen LogP contribution in [-0.2, 0) is 0 Å². The van der Waals surface area contributed by atoms with Crippen LogP contribution < -0.4 is 11.3 Å². The van der Waals surface area contributed by atoms with Crippen LogP contribution in [0, 0.1) is 0 Å². The molecular weight excluding hydrogens is 216 g/mol. The number of allylic oxidation sites excluding steroid dienone is 1. The Morgan fingerprint density at radius 3 is 3.00 bits per heavy atom. The third-order valence-corrected chi connectivity index (χ3v) is 3.73. The predicted octanol–water partition coefficient (Wildman–Crippen LogP) is 3.37. The third kappa shape index (κ3) is 2.16. The summed E-state index contributed by atoms with van der Waals surface area (Å²) in [7, 11) is 0. The number of nitrogens with two attached hydrogens (primary N) is 1. The largest absolute Gasteiger partial charge is 0.271 e. The number of rotatable bonds is 5. The molecule has 84 valence electrons. The molecule has 0 spiro atoms. The summed E-state index contributed by atoms with van der Waals surface area (Å²) >= 11 is 1.77. The zero-order valence-corrected chi connectivity index (χ0v) is 9.96. The van der Waals surface area contributed by atoms with Gasteiger partial charge < -0.3 is 0 Å². The smallest absolute Gasteiger partial charge is 0.0477 e. The third-order valence-electron chi connectivity index (χ3n) is 2.75. The molecule has 1 unspecified atom stereocenters. The van der Waals surface area contributed by atoms with E-state index in [1.165, 1.54) is 15.6 Å². The van der Waals surface area contributed by atoms with Gasteiger partial charge in [0.15, 0.2) is 0 Å². The second kappa shape index (κ2) is 5.25. The average Bonchev–Trinajstić information content (AvgIpc) is 2.75. The average molecular weight is 232 g/mol. The first-order valence-corrected chi connectivity index (χ1v) is 6.28. The molecule has 1 aromatic carbocycles. The van der Waals surface area contributed by atoms with Gasteiger partial charge in [0.05, 0.1) is 0 Å². The van der Waals surface area contributed by atoms with E-state index in [2.05, 4.69) is 41.7 Å². The van der Waals surface area contributed by atoms with Crippen molar-refractivity contribution in [2.24, 2.45) is 5.84 Å². The van der Waals surface area contributed by atoms with Crippen LogP contribution in [0.4, 0.5) is 0 Å². The fourth-order valence-corrected chi connectivity index (χ4v) is 2.90. The molecule has 1 heterocycles. The lowest BCUT2D eigenvalue weighted by molar-refractivity contribution is 0.525. The summed E-state index contributed by atoms with van der Waals surface area (Å²) in [4.78, 5) is 0. The van der Waals surface area contributed by atoms with Gasteiger partial charge in [-0.25, -0.2) is 0 Å². The van der Waals surface area contributed by atoms with Gasteiger partial charge in [0.1, 0.15) is 0 Å². The standard InChI is InChI=1S/C13H16N2S/c1-2-3-7-12(15-14)11-9-16-13-8-5-4-6-10(11)13/h2,4-6,8-9,12,15H,1,3,7,14H2. The van der Waals surface area contributed by atoms with Gasteiger partial charge in [0.2, 0.25) is 0 Å². The summed E-state index contributed by atoms with van der Waals surface area (Å²) in [6.07, 6.45) is 3.89. The fraction of sp³-hybridized carbons (Fsp3) is 0.231. The van der Waals surface area contributed by atoms with E-state index in [9.17, 15) is 0 Å². The lowest BCUT2D eigenvalue weighted by Crippen LogP contribution is -2.27. The highest BCUT2D eigenvalue weighted by Crippen LogP contribution is 2.31. The molecule has 0 aliphatic rings. The van der Waals surface area contributed by atoms with Gasteiger partial charge in [-0.1, -0.05) is 24.3 Å². The first-order valence-electron chi connectivity index (χ1n) is 5.40. The maximum atomic E-state index is 5.62. The summed E-state index contributed by atoms with van der Waals surface area (Å²) < 4.78 is 1.32. The number of hydrazine groups is 1. The summed E-state index contributed by atoms with van der Waals surface area (Å²) in [5.41, 5.74) is 4.19. The normalized spacial score (nSPS) is 12.8. The van der Waals surface area contributed by atoms with Crippen molar-refractivity contribution in [2.75, 3.05) is 0 Å². The van der Waals surface area contributed by atoms with Crippen molar-refractivity contribution in [2.45, 2.75) is 18.9 Å². The van der Waals surface area contributed by atoms with Crippen molar-refractivity contribution in [3.05, 3.63) is 47.9 Å². The highest BCUT2D eigenvalue weighted by Gasteiger charge is 2.13. The molecule has 2 nitrogen and oxygen atoms in total. The molecule has 0 bridgehead atoms. The molecule has 0 amide bonds. The van der Waals surface area contributed by atoms with Gasteiger partial charge in [0, 0.05) is 10.7 Å². The predicted molar refractivity (Wildman–Crippen MR) is 71.3 cm³/mol. The second-order valence-electron chi connectivity index (χ2n) is 3.77. The highest BCUT2D eigenvalue weighted by atomic mass is 32.1. The molecule has 1 atom stereocenters. The van der Waals surface area contributed by atoms with E-state index in [0.29, 0.717) is 0 Å². The molecule has 0 radical (unpaired) electrons. The lowest BCUT2D eigenvalue weighted by Gasteiger charge is -2.14. The Kier molecular flexibility index (Phi) is 3.72. The molecule has 3 heteroatoms. The van der Waals surface area contributed by atoms with Crippen LogP contribution in [0.15, 0.2) is 42.3 Å². The Morgan fingerprint density at radius 2 is 2.25 bits per heavy atom. The number of thiophene rings is 1. The minimum atomic E-state index is 0.217. The van der Waals surface area contributed by atoms with Gasteiger partial charge in [-0.05, 0) is 35.2 Å². The Hall–Kier alpha value is -1.16. The molecule has 0 fully saturated rings. The molecular formula is C13H16N2S. The van der Waals surface area contributed by atoms with Gasteiger partial charge >= 0.3 is 0 Å². The van der Waals surface area contributed by atoms with E-state index in [-0.39, 0.29) is 6.04 Å². The molecule has 16 heavy (non-hydrogen) atoms. The topological polar surface area (TPSA) is 38.0 Å². The van der Waals surface area contributed by atoms with Crippen LogP contribution in [0.5, 0.6) is 0 Å². The van der Waals surface area contributed by atoms with Crippen molar-refractivity contribution in [1.29, 1.82) is 0 Å². The molecule has 2 aromatic rings. The number of hydrogen-bond acceptors (Lipinski definition) is 3. The minimum absolute atomic E-state index is 0.217. The van der Waals surface area contributed by atoms with Crippen molar-refractivity contribution >= 4 is 21.4 Å². The van der Waals surface area contributed by atoms with Gasteiger partial charge in [-0.2, -0.15) is 0 Å². The van der Waals surface area contributed by atoms with E-state index in [0.717, 1.165) is 12.8 Å². The summed E-state index contributed by atoms with van der Waals surface area (Å²) in [5, 5.41) is 3.50. The zero-order chi connectivity index (χ0) is 11.4. The summed E-state index contributed by atoms with van der Waals surface area (Å²) in [6, 6.07) is 8.65. The molecule has 0 saturated heterocycles. The molecule has 1 aromatic heterocycles. The number of fused-ring (bicyclic) bond motifs is 1. The maximum absolute atomic E-state index is 5.62.